The molecule has 2 amide bonds. The molecule has 2 unspecified atom stereocenters. The van der Waals surface area contributed by atoms with E-state index in [1.807, 2.05) is 0 Å². The molecule has 224 valence electrons. The maximum atomic E-state index is 13.5. The number of carbonyl (C=O) groups excluding carboxylic acids is 8. The number of ketones is 6. The van der Waals surface area contributed by atoms with Crippen LogP contribution in [0.1, 0.15) is 69.1 Å². The fourth-order valence-electron chi connectivity index (χ4n) is 4.76. The Morgan fingerprint density at radius 2 is 0.930 bits per heavy atom. The van der Waals surface area contributed by atoms with E-state index < -0.39 is 103 Å². The Labute approximate surface area is 246 Å². The number of nitrogens with one attached hydrogen (secondary N) is 2. The Bertz CT molecular complexity index is 1630. The molecule has 0 saturated heterocycles. The highest BCUT2D eigenvalue weighted by molar-refractivity contribution is 7.91. The summed E-state index contributed by atoms with van der Waals surface area (Å²) in [5.41, 5.74) is -0.835. The highest BCUT2D eigenvalue weighted by Gasteiger charge is 2.45. The van der Waals surface area contributed by atoms with Crippen molar-refractivity contribution in [3.8, 4) is 0 Å². The van der Waals surface area contributed by atoms with E-state index in [-0.39, 0.29) is 22.3 Å². The molecule has 0 fully saturated rings. The Balaban J connectivity index is 1.58. The van der Waals surface area contributed by atoms with Gasteiger partial charge < -0.3 is 10.6 Å². The number of Topliss-reactive ketones (excluding diaryl/α,β-unsaturated/α-hetero) is 6. The average molecular weight is 609 g/mol. The van der Waals surface area contributed by atoms with Crippen LogP contribution in [0, 0.1) is 23.7 Å². The molecular formula is C30H28N2O10S. The van der Waals surface area contributed by atoms with Gasteiger partial charge in [-0.3, -0.25) is 38.4 Å². The lowest BCUT2D eigenvalue weighted by Crippen LogP contribution is -2.38. The van der Waals surface area contributed by atoms with E-state index in [0.717, 1.165) is 36.4 Å². The zero-order chi connectivity index (χ0) is 32.0. The highest BCUT2D eigenvalue weighted by Crippen LogP contribution is 2.34. The van der Waals surface area contributed by atoms with Crippen molar-refractivity contribution in [3.05, 3.63) is 58.7 Å². The third-order valence-corrected chi connectivity index (χ3v) is 9.03. The predicted molar refractivity (Wildman–Crippen MR) is 148 cm³/mol. The van der Waals surface area contributed by atoms with Crippen molar-refractivity contribution in [3.63, 3.8) is 0 Å². The molecule has 0 saturated carbocycles. The maximum Gasteiger partial charge on any atom is 0.222 e. The van der Waals surface area contributed by atoms with Crippen molar-refractivity contribution in [2.45, 2.75) is 37.5 Å². The first kappa shape index (κ1) is 31.3. The molecule has 2 aromatic rings. The van der Waals surface area contributed by atoms with Crippen LogP contribution < -0.4 is 10.6 Å². The summed E-state index contributed by atoms with van der Waals surface area (Å²) in [6, 6.07) is 6.33. The van der Waals surface area contributed by atoms with Crippen LogP contribution in [-0.2, 0) is 29.0 Å². The molecule has 0 spiro atoms. The topological polar surface area (TPSA) is 195 Å². The first-order chi connectivity index (χ1) is 20.1. The summed E-state index contributed by atoms with van der Waals surface area (Å²) in [5.74, 6) is -10.3. The molecule has 12 nitrogen and oxygen atoms in total. The van der Waals surface area contributed by atoms with E-state index in [1.54, 1.807) is 27.7 Å². The molecule has 2 N–H and O–H groups in total. The van der Waals surface area contributed by atoms with Crippen LogP contribution in [0.4, 0.5) is 0 Å². The van der Waals surface area contributed by atoms with Gasteiger partial charge in [0, 0.05) is 34.1 Å². The number of hydrogen-bond donors (Lipinski definition) is 2. The number of fused-ring (bicyclic) bond motifs is 2. The predicted octanol–water partition coefficient (Wildman–Crippen LogP) is 1.19. The monoisotopic (exact) mass is 608 g/mol. The van der Waals surface area contributed by atoms with E-state index in [4.69, 9.17) is 0 Å². The number of sulfone groups is 1. The Morgan fingerprint density at radius 3 is 1.26 bits per heavy atom. The molecule has 2 aliphatic rings. The molecule has 2 aromatic carbocycles. The van der Waals surface area contributed by atoms with E-state index in [2.05, 4.69) is 10.6 Å². The average Bonchev–Trinajstić information content (AvgIpc) is 3.37. The maximum absolute atomic E-state index is 13.5. The van der Waals surface area contributed by atoms with Gasteiger partial charge in [0.2, 0.25) is 21.7 Å². The SMILES string of the molecule is CC(C)C(=O)NCC(=O)C1C(=O)c2ccc(S(=O)(=O)c3ccc4c(c3)C(=O)C(C(=O)CNC(=O)C(C)C)C4=O)cc2C1=O. The van der Waals surface area contributed by atoms with Crippen molar-refractivity contribution < 1.29 is 46.8 Å². The zero-order valence-corrected chi connectivity index (χ0v) is 24.5. The molecule has 2 aliphatic carbocycles. The summed E-state index contributed by atoms with van der Waals surface area (Å²) < 4.78 is 27.0. The van der Waals surface area contributed by atoms with Crippen LogP contribution in [0.15, 0.2) is 46.2 Å². The summed E-state index contributed by atoms with van der Waals surface area (Å²) in [6.45, 7) is 5.32. The van der Waals surface area contributed by atoms with Crippen LogP contribution in [-0.4, -0.2) is 68.0 Å². The van der Waals surface area contributed by atoms with Crippen molar-refractivity contribution >= 4 is 56.4 Å². The molecule has 0 aliphatic heterocycles. The molecule has 13 heteroatoms. The standard InChI is InChI=1S/C30H28N2O10S/c1-13(2)29(39)31-11-21(33)23-25(35)17-7-5-15(9-19(17)27(23)37)43(41,42)16-6-8-18-20(10-16)28(38)24(26(18)36)22(34)12-32-30(40)14(3)4/h5-10,13-14,23-24H,11-12H2,1-4H3,(H,31,39)(H,32,40). The van der Waals surface area contributed by atoms with E-state index in [9.17, 15) is 46.8 Å². The van der Waals surface area contributed by atoms with Crippen molar-refractivity contribution in [2.75, 3.05) is 13.1 Å². The normalized spacial score (nSPS) is 17.7. The Kier molecular flexibility index (Phi) is 8.41. The van der Waals surface area contributed by atoms with Gasteiger partial charge in [-0.15, -0.1) is 0 Å². The Morgan fingerprint density at radius 1 is 0.605 bits per heavy atom. The number of carbonyl (C=O) groups is 8. The fourth-order valence-corrected chi connectivity index (χ4v) is 6.07. The third kappa shape index (κ3) is 5.59. The highest BCUT2D eigenvalue weighted by atomic mass is 32.2. The number of hydrogen-bond acceptors (Lipinski definition) is 10. The van der Waals surface area contributed by atoms with Gasteiger partial charge in [-0.2, -0.15) is 0 Å². The quantitative estimate of drug-likeness (QED) is 0.370. The lowest BCUT2D eigenvalue weighted by atomic mass is 9.98. The molecule has 0 heterocycles. The minimum Gasteiger partial charge on any atom is -0.349 e. The van der Waals surface area contributed by atoms with E-state index in [1.165, 1.54) is 0 Å². The Hall–Kier alpha value is -4.65. The molecule has 2 atom stereocenters. The minimum atomic E-state index is -4.41. The second kappa shape index (κ2) is 11.6. The van der Waals surface area contributed by atoms with Crippen LogP contribution >= 0.6 is 0 Å². The van der Waals surface area contributed by atoms with Crippen LogP contribution in [0.5, 0.6) is 0 Å². The van der Waals surface area contributed by atoms with Gasteiger partial charge in [-0.25, -0.2) is 8.42 Å². The van der Waals surface area contributed by atoms with Crippen molar-refractivity contribution in [1.29, 1.82) is 0 Å². The summed E-state index contributed by atoms with van der Waals surface area (Å²) in [4.78, 5) is 99.7. The third-order valence-electron chi connectivity index (χ3n) is 7.28. The van der Waals surface area contributed by atoms with Gasteiger partial charge in [0.05, 0.1) is 22.9 Å². The number of amides is 2. The van der Waals surface area contributed by atoms with Crippen LogP contribution in [0.25, 0.3) is 0 Å². The largest absolute Gasteiger partial charge is 0.349 e. The van der Waals surface area contributed by atoms with Crippen molar-refractivity contribution in [1.82, 2.24) is 10.6 Å². The molecule has 0 aromatic heterocycles. The van der Waals surface area contributed by atoms with Gasteiger partial charge in [0.25, 0.3) is 0 Å². The smallest absolute Gasteiger partial charge is 0.222 e. The lowest BCUT2D eigenvalue weighted by molar-refractivity contribution is -0.127. The molecule has 43 heavy (non-hydrogen) atoms. The number of rotatable bonds is 10. The molecule has 0 bridgehead atoms. The summed E-state index contributed by atoms with van der Waals surface area (Å²) in [6.07, 6.45) is 0. The van der Waals surface area contributed by atoms with Gasteiger partial charge in [0.1, 0.15) is 11.8 Å². The fraction of sp³-hybridized carbons (Fsp3) is 0.333. The number of benzene rings is 2. The van der Waals surface area contributed by atoms with Gasteiger partial charge in [-0.1, -0.05) is 27.7 Å². The first-order valence-electron chi connectivity index (χ1n) is 13.4. The first-order valence-corrected chi connectivity index (χ1v) is 14.9. The second-order valence-electron chi connectivity index (χ2n) is 10.9. The van der Waals surface area contributed by atoms with Crippen molar-refractivity contribution in [2.24, 2.45) is 23.7 Å². The van der Waals surface area contributed by atoms with E-state index >= 15 is 0 Å². The van der Waals surface area contributed by atoms with Crippen LogP contribution in [0.2, 0.25) is 0 Å². The van der Waals surface area contributed by atoms with Gasteiger partial charge in [0.15, 0.2) is 34.7 Å². The second-order valence-corrected chi connectivity index (χ2v) is 12.9. The van der Waals surface area contributed by atoms with E-state index in [0.29, 0.717) is 0 Å². The summed E-state index contributed by atoms with van der Waals surface area (Å²) >= 11 is 0. The van der Waals surface area contributed by atoms with Crippen LogP contribution in [0.3, 0.4) is 0 Å². The molecule has 0 radical (unpaired) electrons. The minimum absolute atomic E-state index is 0.141. The zero-order valence-electron chi connectivity index (χ0n) is 23.7. The molecule has 4 rings (SSSR count). The lowest BCUT2D eigenvalue weighted by Gasteiger charge is -2.09. The van der Waals surface area contributed by atoms with Gasteiger partial charge in [-0.05, 0) is 36.4 Å². The summed E-state index contributed by atoms with van der Waals surface area (Å²) in [5, 5.41) is 4.71. The summed E-state index contributed by atoms with van der Waals surface area (Å²) in [7, 11) is -4.41. The van der Waals surface area contributed by atoms with Gasteiger partial charge >= 0.3 is 0 Å². The molecular weight excluding hydrogens is 580 g/mol.